The lowest BCUT2D eigenvalue weighted by Crippen LogP contribution is -2.34. The summed E-state index contributed by atoms with van der Waals surface area (Å²) in [6, 6.07) is 4.34. The quantitative estimate of drug-likeness (QED) is 0.871. The molecular formula is C16H24ClFN2O2. The monoisotopic (exact) mass is 330 g/mol. The van der Waals surface area contributed by atoms with Crippen LogP contribution < -0.4 is 15.4 Å². The Kier molecular flexibility index (Phi) is 7.62. The molecule has 6 heteroatoms. The largest absolute Gasteiger partial charge is 0.494 e. The molecule has 0 spiro atoms. The van der Waals surface area contributed by atoms with Crippen molar-refractivity contribution in [2.45, 2.75) is 26.2 Å². The molecule has 22 heavy (non-hydrogen) atoms. The number of nitrogens with one attached hydrogen (secondary N) is 2. The number of carbonyl (C=O) groups is 1. The minimum absolute atomic E-state index is 0. The first kappa shape index (κ1) is 18.7. The maximum atomic E-state index is 13.3. The van der Waals surface area contributed by atoms with Crippen LogP contribution in [-0.4, -0.2) is 26.1 Å². The Morgan fingerprint density at radius 3 is 2.95 bits per heavy atom. The fourth-order valence-corrected chi connectivity index (χ4v) is 2.77. The van der Waals surface area contributed by atoms with E-state index in [9.17, 15) is 9.18 Å². The number of halogens is 2. The normalized spacial score (nSPS) is 19.0. The van der Waals surface area contributed by atoms with Crippen molar-refractivity contribution in [2.75, 3.05) is 25.5 Å². The molecule has 1 amide bonds. The highest BCUT2D eigenvalue weighted by atomic mass is 35.5. The molecule has 1 aromatic rings. The van der Waals surface area contributed by atoms with Gasteiger partial charge in [-0.1, -0.05) is 6.92 Å². The lowest BCUT2D eigenvalue weighted by atomic mass is 9.85. The van der Waals surface area contributed by atoms with Crippen LogP contribution in [0, 0.1) is 17.7 Å². The summed E-state index contributed by atoms with van der Waals surface area (Å²) in [5, 5.41) is 6.18. The summed E-state index contributed by atoms with van der Waals surface area (Å²) in [4.78, 5) is 12.1. The molecule has 0 aromatic heterocycles. The smallest absolute Gasteiger partial charge is 0.224 e. The van der Waals surface area contributed by atoms with Crippen molar-refractivity contribution < 1.29 is 13.9 Å². The molecule has 4 nitrogen and oxygen atoms in total. The van der Waals surface area contributed by atoms with Crippen LogP contribution in [0.2, 0.25) is 0 Å². The second-order valence-corrected chi connectivity index (χ2v) is 5.69. The molecule has 0 bridgehead atoms. The summed E-state index contributed by atoms with van der Waals surface area (Å²) in [5.41, 5.74) is 0.562. The Balaban J connectivity index is 0.00000242. The van der Waals surface area contributed by atoms with Gasteiger partial charge in [-0.15, -0.1) is 12.4 Å². The van der Waals surface area contributed by atoms with E-state index in [2.05, 4.69) is 17.6 Å². The third-order valence-corrected chi connectivity index (χ3v) is 4.08. The minimum Gasteiger partial charge on any atom is -0.494 e. The summed E-state index contributed by atoms with van der Waals surface area (Å²) >= 11 is 0. The minimum atomic E-state index is -0.433. The van der Waals surface area contributed by atoms with E-state index in [4.69, 9.17) is 4.74 Å². The number of amides is 1. The third-order valence-electron chi connectivity index (χ3n) is 4.08. The van der Waals surface area contributed by atoms with Gasteiger partial charge in [0.1, 0.15) is 0 Å². The van der Waals surface area contributed by atoms with E-state index in [1.807, 2.05) is 0 Å². The number of rotatable bonds is 5. The summed E-state index contributed by atoms with van der Waals surface area (Å²) in [7, 11) is 1.40. The predicted molar refractivity (Wildman–Crippen MR) is 88.2 cm³/mol. The fraction of sp³-hybridized carbons (Fsp3) is 0.562. The van der Waals surface area contributed by atoms with Gasteiger partial charge in [-0.3, -0.25) is 4.79 Å². The number of hydrogen-bond acceptors (Lipinski definition) is 3. The van der Waals surface area contributed by atoms with Gasteiger partial charge in [-0.2, -0.15) is 0 Å². The second kappa shape index (κ2) is 8.96. The highest BCUT2D eigenvalue weighted by molar-refractivity contribution is 5.91. The molecule has 2 N–H and O–H groups in total. The first-order valence-corrected chi connectivity index (χ1v) is 7.44. The van der Waals surface area contributed by atoms with Crippen molar-refractivity contribution in [2.24, 2.45) is 11.8 Å². The zero-order valence-electron chi connectivity index (χ0n) is 13.0. The molecule has 0 aliphatic carbocycles. The number of methoxy groups -OCH3 is 1. The van der Waals surface area contributed by atoms with Crippen LogP contribution in [-0.2, 0) is 4.79 Å². The molecule has 2 rings (SSSR count). The molecule has 1 heterocycles. The molecule has 2 unspecified atom stereocenters. The molecule has 1 aliphatic rings. The molecule has 1 saturated heterocycles. The molecule has 0 radical (unpaired) electrons. The van der Waals surface area contributed by atoms with Crippen LogP contribution in [0.3, 0.4) is 0 Å². The fourth-order valence-electron chi connectivity index (χ4n) is 2.77. The van der Waals surface area contributed by atoms with Gasteiger partial charge in [0.2, 0.25) is 5.91 Å². The SMILES string of the molecule is COc1cc(NC(=O)CC(C)C2CCCNC2)ccc1F.Cl. The van der Waals surface area contributed by atoms with Gasteiger partial charge in [-0.25, -0.2) is 4.39 Å². The summed E-state index contributed by atoms with van der Waals surface area (Å²) in [6.07, 6.45) is 2.82. The van der Waals surface area contributed by atoms with Gasteiger partial charge < -0.3 is 15.4 Å². The summed E-state index contributed by atoms with van der Waals surface area (Å²) in [5.74, 6) is 0.545. The van der Waals surface area contributed by atoms with Gasteiger partial charge >= 0.3 is 0 Å². The molecular weight excluding hydrogens is 307 g/mol. The van der Waals surface area contributed by atoms with Crippen molar-refractivity contribution in [3.63, 3.8) is 0 Å². The molecule has 0 saturated carbocycles. The zero-order valence-corrected chi connectivity index (χ0v) is 13.8. The Hall–Kier alpha value is -1.33. The van der Waals surface area contributed by atoms with Gasteiger partial charge in [0, 0.05) is 18.2 Å². The van der Waals surface area contributed by atoms with Crippen molar-refractivity contribution in [3.05, 3.63) is 24.0 Å². The van der Waals surface area contributed by atoms with Gasteiger partial charge in [0.25, 0.3) is 0 Å². The maximum Gasteiger partial charge on any atom is 0.224 e. The van der Waals surface area contributed by atoms with Crippen molar-refractivity contribution in [1.29, 1.82) is 0 Å². The standard InChI is InChI=1S/C16H23FN2O2.ClH/c1-11(12-4-3-7-18-10-12)8-16(20)19-13-5-6-14(17)15(9-13)21-2;/h5-6,9,11-12,18H,3-4,7-8,10H2,1-2H3,(H,19,20);1H. The summed E-state index contributed by atoms with van der Waals surface area (Å²) in [6.45, 7) is 4.17. The van der Waals surface area contributed by atoms with E-state index in [0.717, 1.165) is 13.1 Å². The van der Waals surface area contributed by atoms with Gasteiger partial charge in [0.15, 0.2) is 11.6 Å². The lowest BCUT2D eigenvalue weighted by molar-refractivity contribution is -0.117. The van der Waals surface area contributed by atoms with Crippen molar-refractivity contribution in [3.8, 4) is 5.75 Å². The van der Waals surface area contributed by atoms with Gasteiger partial charge in [0.05, 0.1) is 7.11 Å². The highest BCUT2D eigenvalue weighted by Gasteiger charge is 2.22. The van der Waals surface area contributed by atoms with Crippen molar-refractivity contribution in [1.82, 2.24) is 5.32 Å². The van der Waals surface area contributed by atoms with E-state index in [1.54, 1.807) is 6.07 Å². The molecule has 2 atom stereocenters. The first-order chi connectivity index (χ1) is 10.1. The van der Waals surface area contributed by atoms with Crippen LogP contribution in [0.4, 0.5) is 10.1 Å². The number of ether oxygens (including phenoxy) is 1. The topological polar surface area (TPSA) is 50.4 Å². The number of benzene rings is 1. The molecule has 1 aliphatic heterocycles. The van der Waals surface area contributed by atoms with E-state index < -0.39 is 5.82 Å². The molecule has 1 aromatic carbocycles. The molecule has 124 valence electrons. The van der Waals surface area contributed by atoms with E-state index in [1.165, 1.54) is 32.1 Å². The maximum absolute atomic E-state index is 13.3. The number of piperidine rings is 1. The van der Waals surface area contributed by atoms with Crippen molar-refractivity contribution >= 4 is 24.0 Å². The lowest BCUT2D eigenvalue weighted by Gasteiger charge is -2.28. The van der Waals surface area contributed by atoms with Crippen LogP contribution in [0.25, 0.3) is 0 Å². The van der Waals surface area contributed by atoms with Crippen LogP contribution >= 0.6 is 12.4 Å². The van der Waals surface area contributed by atoms with Crippen LogP contribution in [0.15, 0.2) is 18.2 Å². The number of hydrogen-bond donors (Lipinski definition) is 2. The average Bonchev–Trinajstić information content (AvgIpc) is 2.50. The van der Waals surface area contributed by atoms with Crippen LogP contribution in [0.1, 0.15) is 26.2 Å². The Labute approximate surface area is 137 Å². The van der Waals surface area contributed by atoms with E-state index >= 15 is 0 Å². The van der Waals surface area contributed by atoms with E-state index in [0.29, 0.717) is 23.9 Å². The Morgan fingerprint density at radius 2 is 2.32 bits per heavy atom. The van der Waals surface area contributed by atoms with Gasteiger partial charge in [-0.05, 0) is 49.9 Å². The zero-order chi connectivity index (χ0) is 15.2. The number of carbonyl (C=O) groups excluding carboxylic acids is 1. The average molecular weight is 331 g/mol. The van der Waals surface area contributed by atoms with E-state index in [-0.39, 0.29) is 24.1 Å². The predicted octanol–water partition coefficient (Wildman–Crippen LogP) is 3.22. The third kappa shape index (κ3) is 5.14. The summed E-state index contributed by atoms with van der Waals surface area (Å²) < 4.78 is 18.2. The van der Waals surface area contributed by atoms with Crippen LogP contribution in [0.5, 0.6) is 5.75 Å². The first-order valence-electron chi connectivity index (χ1n) is 7.44. The number of anilines is 1. The molecule has 1 fully saturated rings. The Bertz CT molecular complexity index is 493. The highest BCUT2D eigenvalue weighted by Crippen LogP contribution is 2.24. The second-order valence-electron chi connectivity index (χ2n) is 5.69. The Morgan fingerprint density at radius 1 is 1.55 bits per heavy atom.